The quantitative estimate of drug-likeness (QED) is 0.0330. The van der Waals surface area contributed by atoms with E-state index in [1.54, 1.807) is 6.08 Å². The fraction of sp³-hybridized carbons (Fsp3) is 0.643. The minimum Gasteiger partial charge on any atom is -0.790 e. The Morgan fingerprint density at radius 2 is 1.75 bits per heavy atom. The number of aliphatic hydroxyl groups is 2. The van der Waals surface area contributed by atoms with Crippen molar-refractivity contribution in [2.75, 3.05) is 65.5 Å². The number of nitrogens with zero attached hydrogens (tertiary/aromatic N) is 5. The van der Waals surface area contributed by atoms with Gasteiger partial charge in [-0.15, -0.1) is 0 Å². The monoisotopic (exact) mass is 889 g/mol. The molecule has 0 aliphatic carbocycles. The smallest absolute Gasteiger partial charge is 0.274 e. The summed E-state index contributed by atoms with van der Waals surface area (Å²) < 4.78 is 61.2. The van der Waals surface area contributed by atoms with E-state index in [1.165, 1.54) is 19.9 Å². The minimum absolute atomic E-state index is 0.0221. The van der Waals surface area contributed by atoms with Crippen LogP contribution in [0.15, 0.2) is 24.8 Å². The summed E-state index contributed by atoms with van der Waals surface area (Å²) in [4.78, 5) is 96.0. The number of aromatic nitrogens is 4. The maximum Gasteiger partial charge on any atom is 0.274 e. The molecule has 1 saturated heterocycles. The number of nitrogens with one attached hydrogen (secondary N) is 2. The molecule has 3 rings (SSSR count). The number of carbonyl (C=O) groups excluding carboxylic acids is 3. The van der Waals surface area contributed by atoms with Crippen molar-refractivity contribution in [3.8, 4) is 0 Å². The first-order valence-corrected chi connectivity index (χ1v) is 22.0. The number of phosphoric ester groups is 3. The summed E-state index contributed by atoms with van der Waals surface area (Å²) >= 11 is 1.02. The van der Waals surface area contributed by atoms with E-state index in [9.17, 15) is 57.9 Å². The zero-order valence-electron chi connectivity index (χ0n) is 31.2. The van der Waals surface area contributed by atoms with Gasteiger partial charge in [0.2, 0.25) is 16.9 Å². The van der Waals surface area contributed by atoms with Crippen LogP contribution in [0.25, 0.3) is 11.2 Å². The van der Waals surface area contributed by atoms with Crippen LogP contribution in [0, 0.1) is 5.41 Å². The molecule has 322 valence electrons. The Bertz CT molecular complexity index is 1910. The van der Waals surface area contributed by atoms with Crippen LogP contribution in [0.1, 0.15) is 26.5 Å². The van der Waals surface area contributed by atoms with Crippen LogP contribution >= 0.6 is 35.2 Å². The number of ether oxygens (including phenoxy) is 1. The van der Waals surface area contributed by atoms with Gasteiger partial charge < -0.3 is 73.5 Å². The van der Waals surface area contributed by atoms with E-state index < -0.39 is 84.6 Å². The van der Waals surface area contributed by atoms with Crippen LogP contribution in [-0.2, 0) is 50.7 Å². The summed E-state index contributed by atoms with van der Waals surface area (Å²) in [6, 6.07) is 0. The Hall–Kier alpha value is -2.74. The molecule has 2 aromatic heterocycles. The molecule has 0 bridgehead atoms. The molecule has 25 nitrogen and oxygen atoms in total. The average Bonchev–Trinajstić information content (AvgIpc) is 3.64. The number of aliphatic hydroxyl groups excluding tert-OH is 2. The highest BCUT2D eigenvalue weighted by molar-refractivity contribution is 8.14. The highest BCUT2D eigenvalue weighted by atomic mass is 32.2. The summed E-state index contributed by atoms with van der Waals surface area (Å²) in [6.07, 6.45) is -4.38. The molecule has 0 spiro atoms. The lowest BCUT2D eigenvalue weighted by Crippen LogP contribution is -2.46. The number of thioether (sulfide) groups is 1. The molecule has 1 aliphatic rings. The Morgan fingerprint density at radius 1 is 1.09 bits per heavy atom. The van der Waals surface area contributed by atoms with Crippen LogP contribution in [0.5, 0.6) is 0 Å². The number of anilines is 1. The molecule has 7 atom stereocenters. The number of fused-ring (bicyclic) bond motifs is 1. The van der Waals surface area contributed by atoms with Crippen LogP contribution in [0.4, 0.5) is 5.82 Å². The maximum atomic E-state index is 12.5. The summed E-state index contributed by atoms with van der Waals surface area (Å²) in [5.41, 5.74) is 4.06. The van der Waals surface area contributed by atoms with Gasteiger partial charge >= 0.3 is 0 Å². The number of amides is 2. The SMILES string of the molecule is CC(C)(COP(=O)([O-])OP(=O)([O-])OCC1OC(n2cnc3c(N)ncnc32)C(O)C1OP(=O)([O-])[O-])C(O)C(=O)NCCC(=O)NCCSC(=O)/C=C/C[N+](C)(C)C. The lowest BCUT2D eigenvalue weighted by molar-refractivity contribution is -0.864. The lowest BCUT2D eigenvalue weighted by atomic mass is 9.87. The van der Waals surface area contributed by atoms with Gasteiger partial charge in [0.05, 0.1) is 55.1 Å². The summed E-state index contributed by atoms with van der Waals surface area (Å²) in [6.45, 7) is 0.734. The number of carbonyl (C=O) groups is 3. The number of hydrogen-bond donors (Lipinski definition) is 5. The van der Waals surface area contributed by atoms with Crippen LogP contribution in [0.3, 0.4) is 0 Å². The van der Waals surface area contributed by atoms with Crippen molar-refractivity contribution in [3.05, 3.63) is 24.8 Å². The number of quaternary nitrogens is 1. The Labute approximate surface area is 330 Å². The number of likely N-dealkylation sites (N-methyl/N-ethyl adjacent to an activating group) is 1. The molecule has 29 heteroatoms. The van der Waals surface area contributed by atoms with E-state index in [2.05, 4.69) is 43.5 Å². The van der Waals surface area contributed by atoms with Gasteiger partial charge in [-0.1, -0.05) is 25.6 Å². The molecule has 0 radical (unpaired) electrons. The van der Waals surface area contributed by atoms with Gasteiger partial charge in [0.1, 0.15) is 36.3 Å². The summed E-state index contributed by atoms with van der Waals surface area (Å²) in [5, 5.41) is 26.0. The molecule has 7 unspecified atom stereocenters. The molecule has 1 fully saturated rings. The first-order valence-electron chi connectivity index (χ1n) is 16.7. The van der Waals surface area contributed by atoms with E-state index in [0.717, 1.165) is 29.0 Å². The fourth-order valence-electron chi connectivity index (χ4n) is 4.77. The van der Waals surface area contributed by atoms with Crippen molar-refractivity contribution >= 4 is 69.1 Å². The summed E-state index contributed by atoms with van der Waals surface area (Å²) in [5.74, 6) is -1.25. The molecule has 2 amide bonds. The van der Waals surface area contributed by atoms with Gasteiger partial charge in [0, 0.05) is 30.7 Å². The second kappa shape index (κ2) is 20.0. The molecule has 57 heavy (non-hydrogen) atoms. The van der Waals surface area contributed by atoms with E-state index >= 15 is 0 Å². The predicted octanol–water partition coefficient (Wildman–Crippen LogP) is -3.60. The largest absolute Gasteiger partial charge is 0.790 e. The van der Waals surface area contributed by atoms with Crippen molar-refractivity contribution in [2.24, 2.45) is 5.41 Å². The first kappa shape index (κ1) is 48.6. The van der Waals surface area contributed by atoms with Crippen molar-refractivity contribution in [1.82, 2.24) is 30.2 Å². The number of hydrogen-bond acceptors (Lipinski definition) is 22. The van der Waals surface area contributed by atoms with E-state index in [-0.39, 0.29) is 41.6 Å². The molecule has 3 heterocycles. The van der Waals surface area contributed by atoms with Gasteiger partial charge in [-0.05, 0) is 12.2 Å². The van der Waals surface area contributed by atoms with E-state index in [0.29, 0.717) is 16.8 Å². The molecule has 0 saturated carbocycles. The number of nitrogen functional groups attached to an aromatic ring is 1. The van der Waals surface area contributed by atoms with Crippen molar-refractivity contribution in [1.29, 1.82) is 0 Å². The Morgan fingerprint density at radius 3 is 2.40 bits per heavy atom. The fourth-order valence-corrected chi connectivity index (χ4v) is 8.11. The lowest BCUT2D eigenvalue weighted by Gasteiger charge is -2.36. The van der Waals surface area contributed by atoms with Gasteiger partial charge in [0.15, 0.2) is 17.7 Å². The normalized spacial score (nSPS) is 21.9. The predicted molar refractivity (Wildman–Crippen MR) is 190 cm³/mol. The minimum atomic E-state index is -5.92. The zero-order chi connectivity index (χ0) is 43.0. The van der Waals surface area contributed by atoms with E-state index in [4.69, 9.17) is 10.5 Å². The first-order chi connectivity index (χ1) is 26.2. The number of imidazole rings is 1. The van der Waals surface area contributed by atoms with Crippen molar-refractivity contribution < 1.29 is 85.0 Å². The zero-order valence-corrected chi connectivity index (χ0v) is 34.7. The van der Waals surface area contributed by atoms with E-state index in [1.807, 2.05) is 21.1 Å². The maximum absolute atomic E-state index is 12.5. The van der Waals surface area contributed by atoms with Gasteiger partial charge in [0.25, 0.3) is 15.6 Å². The molecule has 0 aromatic carbocycles. The Balaban J connectivity index is 1.47. The number of phosphoric acid groups is 3. The van der Waals surface area contributed by atoms with Gasteiger partial charge in [-0.2, -0.15) is 0 Å². The number of rotatable bonds is 22. The standard InChI is InChI=1S/C28H47N8O17P3S/c1-28(2,23(40)26(41)31-9-8-18(37)30-10-12-57-19(38)7-6-11-36(3,4)5)14-50-56(47,48)53-55(45,46)49-13-17-22(52-54(42,43)44)21(39)27(51-17)35-16-34-20-24(29)32-15-33-25(20)35/h6-7,15-17,21-23,27,39-40H,8-14H2,1-5H3,(H7-,29,30,31,32,33,37,41,42,43,44,45,46,47,48)/p-3/b7-6+. The molecule has 2 aromatic rings. The highest BCUT2D eigenvalue weighted by Gasteiger charge is 2.47. The third-order valence-electron chi connectivity index (χ3n) is 7.63. The highest BCUT2D eigenvalue weighted by Crippen LogP contribution is 2.56. The molecule has 6 N–H and O–H groups in total. The topological polar surface area (TPSA) is 375 Å². The average molecular weight is 890 g/mol. The van der Waals surface area contributed by atoms with Crippen LogP contribution < -0.4 is 35.9 Å². The van der Waals surface area contributed by atoms with Crippen LogP contribution in [0.2, 0.25) is 0 Å². The summed E-state index contributed by atoms with van der Waals surface area (Å²) in [7, 11) is -11.7. The van der Waals surface area contributed by atoms with Crippen molar-refractivity contribution in [3.63, 3.8) is 0 Å². The second-order valence-electron chi connectivity index (χ2n) is 14.0. The van der Waals surface area contributed by atoms with Crippen LogP contribution in [-0.4, -0.2) is 135 Å². The molecular formula is C28H44N8O17P3S-3. The molecule has 1 aliphatic heterocycles. The third-order valence-corrected chi connectivity index (χ3v) is 11.5. The Kier molecular flexibility index (Phi) is 17.1. The van der Waals surface area contributed by atoms with Crippen molar-refractivity contribution in [2.45, 2.75) is 50.9 Å². The second-order valence-corrected chi connectivity index (χ2v) is 19.2. The third kappa shape index (κ3) is 15.8. The van der Waals surface area contributed by atoms with Gasteiger partial charge in [-0.25, -0.2) is 19.3 Å². The number of nitrogens with two attached hydrogens (primary N) is 1. The molecular weight excluding hydrogens is 845 g/mol. The van der Waals surface area contributed by atoms with Gasteiger partial charge in [-0.3, -0.25) is 28.1 Å².